The second-order valence-electron chi connectivity index (χ2n) is 3.70. The van der Waals surface area contributed by atoms with Gasteiger partial charge in [-0.15, -0.1) is 0 Å². The second-order valence-corrected chi connectivity index (χ2v) is 5.83. The van der Waals surface area contributed by atoms with E-state index in [-0.39, 0.29) is 11.3 Å². The topological polar surface area (TPSA) is 83.9 Å². The molecule has 2 N–H and O–H groups in total. The highest BCUT2D eigenvalue weighted by molar-refractivity contribution is 7.92. The highest BCUT2D eigenvalue weighted by Crippen LogP contribution is 2.41. The minimum atomic E-state index is -3.43. The largest absolute Gasteiger partial charge is 0.312 e. The van der Waals surface area contributed by atoms with Crippen molar-refractivity contribution >= 4 is 9.84 Å². The summed E-state index contributed by atoms with van der Waals surface area (Å²) >= 11 is 0. The van der Waals surface area contributed by atoms with Crippen molar-refractivity contribution in [3.8, 4) is 6.07 Å². The van der Waals surface area contributed by atoms with Crippen LogP contribution in [0, 0.1) is 11.3 Å². The molecular formula is C10H10N2O2S. The fraction of sp³-hybridized carbons (Fsp3) is 0.300. The molecule has 2 rings (SSSR count). The van der Waals surface area contributed by atoms with E-state index in [0.29, 0.717) is 0 Å². The summed E-state index contributed by atoms with van der Waals surface area (Å²) in [6.07, 6.45) is 0.223. The molecule has 0 aromatic heterocycles. The first kappa shape index (κ1) is 10.1. The van der Waals surface area contributed by atoms with E-state index in [9.17, 15) is 8.42 Å². The van der Waals surface area contributed by atoms with Crippen LogP contribution in [0.25, 0.3) is 0 Å². The van der Waals surface area contributed by atoms with Crippen LogP contribution >= 0.6 is 0 Å². The number of hydrogen-bond acceptors (Lipinski definition) is 4. The van der Waals surface area contributed by atoms with Crippen molar-refractivity contribution < 1.29 is 8.42 Å². The predicted octanol–water partition coefficient (Wildman–Crippen LogP) is 0.454. The summed E-state index contributed by atoms with van der Waals surface area (Å²) in [6, 6.07) is 9.93. The van der Waals surface area contributed by atoms with E-state index in [1.165, 1.54) is 12.1 Å². The Bertz CT molecular complexity index is 518. The molecule has 1 aliphatic rings. The van der Waals surface area contributed by atoms with Crippen LogP contribution in [0.15, 0.2) is 35.2 Å². The van der Waals surface area contributed by atoms with Crippen LogP contribution in [0.3, 0.4) is 0 Å². The zero-order chi connectivity index (χ0) is 11.1. The average molecular weight is 222 g/mol. The lowest BCUT2D eigenvalue weighted by Gasteiger charge is -2.04. The zero-order valence-corrected chi connectivity index (χ0v) is 8.74. The molecule has 0 unspecified atom stereocenters. The summed E-state index contributed by atoms with van der Waals surface area (Å²) in [7, 11) is -3.43. The van der Waals surface area contributed by atoms with E-state index in [2.05, 4.69) is 0 Å². The minimum Gasteiger partial charge on any atom is -0.312 e. The van der Waals surface area contributed by atoms with E-state index < -0.39 is 20.6 Å². The first-order valence-corrected chi connectivity index (χ1v) is 6.04. The molecule has 0 aliphatic heterocycles. The first-order chi connectivity index (χ1) is 7.00. The molecule has 15 heavy (non-hydrogen) atoms. The van der Waals surface area contributed by atoms with Crippen molar-refractivity contribution in [3.63, 3.8) is 0 Å². The third-order valence-electron chi connectivity index (χ3n) is 2.59. The maximum atomic E-state index is 11.9. The van der Waals surface area contributed by atoms with Gasteiger partial charge in [0.2, 0.25) is 0 Å². The van der Waals surface area contributed by atoms with Gasteiger partial charge in [0.25, 0.3) is 0 Å². The summed E-state index contributed by atoms with van der Waals surface area (Å²) in [5, 5.41) is 7.95. The number of nitrogens with two attached hydrogens (primary N) is 1. The average Bonchev–Trinajstić information content (AvgIpc) is 2.94. The zero-order valence-electron chi connectivity index (χ0n) is 7.92. The van der Waals surface area contributed by atoms with E-state index >= 15 is 0 Å². The van der Waals surface area contributed by atoms with E-state index in [1.807, 2.05) is 6.07 Å². The summed E-state index contributed by atoms with van der Waals surface area (Å²) in [4.78, 5) is 0.234. The molecule has 1 fully saturated rings. The van der Waals surface area contributed by atoms with E-state index in [4.69, 9.17) is 11.0 Å². The molecule has 0 radical (unpaired) electrons. The van der Waals surface area contributed by atoms with Gasteiger partial charge in [-0.25, -0.2) is 8.42 Å². The highest BCUT2D eigenvalue weighted by Gasteiger charge is 2.60. The normalized spacial score (nSPS) is 29.5. The molecule has 2 atom stereocenters. The van der Waals surface area contributed by atoms with Crippen molar-refractivity contribution in [2.75, 3.05) is 0 Å². The second kappa shape index (κ2) is 3.05. The molecule has 0 saturated heterocycles. The van der Waals surface area contributed by atoms with E-state index in [1.54, 1.807) is 18.2 Å². The van der Waals surface area contributed by atoms with Crippen molar-refractivity contribution in [2.24, 2.45) is 5.73 Å². The first-order valence-electron chi connectivity index (χ1n) is 4.50. The van der Waals surface area contributed by atoms with Gasteiger partial charge in [0.15, 0.2) is 9.84 Å². The standard InChI is InChI=1S/C10H10N2O2S/c11-7-10(12)6-9(10)15(13,14)8-4-2-1-3-5-8/h1-5,9H,6,12H2/t9-,10-/m1/s1. The number of rotatable bonds is 2. The lowest BCUT2D eigenvalue weighted by atomic mass is 10.3. The Morgan fingerprint density at radius 1 is 1.40 bits per heavy atom. The Labute approximate surface area is 88.2 Å². The number of nitriles is 1. The number of nitrogens with zero attached hydrogens (tertiary/aromatic N) is 1. The predicted molar refractivity (Wildman–Crippen MR) is 54.6 cm³/mol. The minimum absolute atomic E-state index is 0.223. The molecule has 5 heteroatoms. The molecule has 4 nitrogen and oxygen atoms in total. The highest BCUT2D eigenvalue weighted by atomic mass is 32.2. The number of hydrogen-bond donors (Lipinski definition) is 1. The SMILES string of the molecule is N#C[C@]1(N)C[C@H]1S(=O)(=O)c1ccccc1. The van der Waals surface area contributed by atoms with Crippen molar-refractivity contribution in [2.45, 2.75) is 22.1 Å². The number of benzene rings is 1. The molecule has 1 aromatic carbocycles. The quantitative estimate of drug-likeness (QED) is 0.787. The van der Waals surface area contributed by atoms with Gasteiger partial charge in [0.05, 0.1) is 11.0 Å². The third-order valence-corrected chi connectivity index (χ3v) is 4.86. The van der Waals surface area contributed by atoms with Crippen LogP contribution in [0.4, 0.5) is 0 Å². The molecule has 1 aromatic rings. The van der Waals surface area contributed by atoms with Gasteiger partial charge in [0.1, 0.15) is 10.8 Å². The van der Waals surface area contributed by atoms with Crippen LogP contribution < -0.4 is 5.73 Å². The van der Waals surface area contributed by atoms with Crippen LogP contribution in [0.1, 0.15) is 6.42 Å². The summed E-state index contributed by atoms with van der Waals surface area (Å²) in [5.74, 6) is 0. The van der Waals surface area contributed by atoms with Gasteiger partial charge in [-0.3, -0.25) is 0 Å². The Hall–Kier alpha value is -1.38. The van der Waals surface area contributed by atoms with Gasteiger partial charge in [-0.1, -0.05) is 18.2 Å². The summed E-state index contributed by atoms with van der Waals surface area (Å²) < 4.78 is 23.9. The van der Waals surface area contributed by atoms with Crippen LogP contribution in [0.2, 0.25) is 0 Å². The Morgan fingerprint density at radius 2 is 2.00 bits per heavy atom. The molecule has 0 spiro atoms. The molecule has 1 saturated carbocycles. The summed E-state index contributed by atoms with van der Waals surface area (Å²) in [6.45, 7) is 0. The Morgan fingerprint density at radius 3 is 2.47 bits per heavy atom. The maximum Gasteiger partial charge on any atom is 0.184 e. The van der Waals surface area contributed by atoms with Gasteiger partial charge in [0, 0.05) is 0 Å². The van der Waals surface area contributed by atoms with Gasteiger partial charge >= 0.3 is 0 Å². The molecule has 0 amide bonds. The molecule has 0 bridgehead atoms. The molecule has 0 heterocycles. The monoisotopic (exact) mass is 222 g/mol. The van der Waals surface area contributed by atoms with Crippen LogP contribution in [-0.2, 0) is 9.84 Å². The van der Waals surface area contributed by atoms with E-state index in [0.717, 1.165) is 0 Å². The van der Waals surface area contributed by atoms with Gasteiger partial charge in [-0.05, 0) is 18.6 Å². The van der Waals surface area contributed by atoms with Crippen molar-refractivity contribution in [1.29, 1.82) is 5.26 Å². The fourth-order valence-electron chi connectivity index (χ4n) is 1.53. The van der Waals surface area contributed by atoms with Crippen molar-refractivity contribution in [3.05, 3.63) is 30.3 Å². The van der Waals surface area contributed by atoms with Crippen LogP contribution in [-0.4, -0.2) is 19.2 Å². The Balaban J connectivity index is 2.37. The Kier molecular flexibility index (Phi) is 2.07. The lowest BCUT2D eigenvalue weighted by molar-refractivity contribution is 0.592. The lowest BCUT2D eigenvalue weighted by Crippen LogP contribution is -2.28. The molecular weight excluding hydrogens is 212 g/mol. The smallest absolute Gasteiger partial charge is 0.184 e. The van der Waals surface area contributed by atoms with Gasteiger partial charge < -0.3 is 5.73 Å². The molecule has 78 valence electrons. The number of sulfone groups is 1. The maximum absolute atomic E-state index is 11.9. The third kappa shape index (κ3) is 1.52. The molecule has 1 aliphatic carbocycles. The van der Waals surface area contributed by atoms with Crippen molar-refractivity contribution in [1.82, 2.24) is 0 Å². The van der Waals surface area contributed by atoms with Gasteiger partial charge in [-0.2, -0.15) is 5.26 Å². The fourth-order valence-corrected chi connectivity index (χ4v) is 3.49. The summed E-state index contributed by atoms with van der Waals surface area (Å²) in [5.41, 5.74) is 4.39. The van der Waals surface area contributed by atoms with Crippen LogP contribution in [0.5, 0.6) is 0 Å².